The van der Waals surface area contributed by atoms with Crippen LogP contribution in [0, 0.1) is 11.6 Å². The zero-order valence-corrected chi connectivity index (χ0v) is 19.1. The highest BCUT2D eigenvalue weighted by Crippen LogP contribution is 2.36. The van der Waals surface area contributed by atoms with E-state index >= 15 is 0 Å². The molecule has 0 aromatic heterocycles. The normalized spacial score (nSPS) is 11.1. The maximum absolute atomic E-state index is 13.6. The molecule has 0 aliphatic carbocycles. The van der Waals surface area contributed by atoms with Gasteiger partial charge in [-0.25, -0.2) is 17.2 Å². The van der Waals surface area contributed by atoms with Crippen molar-refractivity contribution < 1.29 is 31.5 Å². The van der Waals surface area contributed by atoms with Gasteiger partial charge in [0.25, 0.3) is 0 Å². The summed E-state index contributed by atoms with van der Waals surface area (Å²) in [7, 11) is -2.52. The fourth-order valence-corrected chi connectivity index (χ4v) is 3.89. The minimum atomic E-state index is -4.00. The summed E-state index contributed by atoms with van der Waals surface area (Å²) in [5.41, 5.74) is -0.0414. The number of hydrogen-bond donors (Lipinski definition) is 1. The van der Waals surface area contributed by atoms with Crippen LogP contribution in [0.5, 0.6) is 17.2 Å². The van der Waals surface area contributed by atoms with Gasteiger partial charge >= 0.3 is 0 Å². The molecule has 0 saturated carbocycles. The quantitative estimate of drug-likeness (QED) is 0.483. The smallest absolute Gasteiger partial charge is 0.245 e. The molecule has 0 aliphatic rings. The Bertz CT molecular complexity index is 1290. The number of rotatable bonds is 8. The van der Waals surface area contributed by atoms with Gasteiger partial charge in [0.1, 0.15) is 6.54 Å². The Morgan fingerprint density at radius 3 is 2.33 bits per heavy atom. The molecule has 174 valence electrons. The number of anilines is 2. The van der Waals surface area contributed by atoms with Gasteiger partial charge in [0.15, 0.2) is 28.9 Å². The molecule has 0 aliphatic heterocycles. The van der Waals surface area contributed by atoms with Crippen LogP contribution in [0.25, 0.3) is 0 Å². The van der Waals surface area contributed by atoms with Crippen molar-refractivity contribution in [2.45, 2.75) is 0 Å². The van der Waals surface area contributed by atoms with E-state index in [9.17, 15) is 22.0 Å². The predicted octanol–water partition coefficient (Wildman–Crippen LogP) is 4.82. The third-order valence-corrected chi connectivity index (χ3v) is 5.76. The molecule has 0 unspecified atom stereocenters. The number of carbonyl (C=O) groups is 1. The molecule has 0 radical (unpaired) electrons. The van der Waals surface area contributed by atoms with Crippen molar-refractivity contribution in [2.75, 3.05) is 29.5 Å². The average molecular weight is 497 g/mol. The number of ether oxygens (including phenoxy) is 2. The Balaban J connectivity index is 1.87. The summed E-state index contributed by atoms with van der Waals surface area (Å²) in [6.45, 7) is -0.704. The van der Waals surface area contributed by atoms with Crippen molar-refractivity contribution in [3.8, 4) is 17.2 Å². The van der Waals surface area contributed by atoms with Gasteiger partial charge in [-0.2, -0.15) is 0 Å². The molecule has 0 fully saturated rings. The van der Waals surface area contributed by atoms with Crippen molar-refractivity contribution in [1.82, 2.24) is 0 Å². The number of para-hydroxylation sites is 2. The standard InChI is InChI=1S/C22H19ClF2N2O5S/c1-31-20-5-3-4-6-21(20)32-19-10-7-14(23)11-18(19)26-22(28)13-27(33(2,29)30)15-8-9-16(24)17(25)12-15/h3-12H,13H2,1-2H3,(H,26,28). The first-order valence-corrected chi connectivity index (χ1v) is 11.6. The van der Waals surface area contributed by atoms with Crippen molar-refractivity contribution in [3.05, 3.63) is 77.3 Å². The minimum absolute atomic E-state index is 0.164. The van der Waals surface area contributed by atoms with Gasteiger partial charge < -0.3 is 14.8 Å². The fraction of sp³-hybridized carbons (Fsp3) is 0.136. The maximum atomic E-state index is 13.6. The lowest BCUT2D eigenvalue weighted by atomic mass is 10.2. The molecule has 0 spiro atoms. The highest BCUT2D eigenvalue weighted by Gasteiger charge is 2.23. The van der Waals surface area contributed by atoms with Gasteiger partial charge in [-0.3, -0.25) is 9.10 Å². The first kappa shape index (κ1) is 24.3. The van der Waals surface area contributed by atoms with Crippen LogP contribution in [0.15, 0.2) is 60.7 Å². The molecule has 0 saturated heterocycles. The molecule has 3 aromatic carbocycles. The van der Waals surface area contributed by atoms with E-state index in [0.717, 1.165) is 18.4 Å². The van der Waals surface area contributed by atoms with E-state index in [1.165, 1.54) is 19.2 Å². The maximum Gasteiger partial charge on any atom is 0.245 e. The third kappa shape index (κ3) is 6.11. The molecular weight excluding hydrogens is 478 g/mol. The topological polar surface area (TPSA) is 84.9 Å². The number of benzene rings is 3. The zero-order valence-electron chi connectivity index (χ0n) is 17.5. The van der Waals surface area contributed by atoms with E-state index < -0.39 is 34.1 Å². The summed E-state index contributed by atoms with van der Waals surface area (Å²) in [6.07, 6.45) is 0.844. The second kappa shape index (κ2) is 10.1. The highest BCUT2D eigenvalue weighted by atomic mass is 35.5. The van der Waals surface area contributed by atoms with E-state index in [0.29, 0.717) is 26.9 Å². The summed E-state index contributed by atoms with van der Waals surface area (Å²) < 4.78 is 63.1. The van der Waals surface area contributed by atoms with E-state index in [1.807, 2.05) is 0 Å². The summed E-state index contributed by atoms with van der Waals surface area (Å²) in [5.74, 6) is -2.12. The van der Waals surface area contributed by atoms with Crippen LogP contribution in [0.4, 0.5) is 20.2 Å². The lowest BCUT2D eigenvalue weighted by Gasteiger charge is -2.22. The van der Waals surface area contributed by atoms with Crippen molar-refractivity contribution in [1.29, 1.82) is 0 Å². The minimum Gasteiger partial charge on any atom is -0.493 e. The predicted molar refractivity (Wildman–Crippen MR) is 122 cm³/mol. The molecule has 33 heavy (non-hydrogen) atoms. The summed E-state index contributed by atoms with van der Waals surface area (Å²) >= 11 is 6.05. The number of hydrogen-bond acceptors (Lipinski definition) is 5. The number of carbonyl (C=O) groups excluding carboxylic acids is 1. The number of sulfonamides is 1. The van der Waals surface area contributed by atoms with Crippen LogP contribution < -0.4 is 19.1 Å². The summed E-state index contributed by atoms with van der Waals surface area (Å²) in [6, 6.07) is 13.9. The Morgan fingerprint density at radius 2 is 1.70 bits per heavy atom. The molecule has 1 amide bonds. The van der Waals surface area contributed by atoms with Crippen LogP contribution in [0.3, 0.4) is 0 Å². The lowest BCUT2D eigenvalue weighted by Crippen LogP contribution is -2.37. The SMILES string of the molecule is COc1ccccc1Oc1ccc(Cl)cc1NC(=O)CN(c1ccc(F)c(F)c1)S(C)(=O)=O. The average Bonchev–Trinajstić information content (AvgIpc) is 2.75. The second-order valence-corrected chi connectivity index (χ2v) is 9.15. The van der Waals surface area contributed by atoms with Gasteiger partial charge in [0, 0.05) is 11.1 Å². The van der Waals surface area contributed by atoms with E-state index in [2.05, 4.69) is 5.32 Å². The Labute approximate surface area is 194 Å². The molecule has 7 nitrogen and oxygen atoms in total. The van der Waals surface area contributed by atoms with E-state index in [-0.39, 0.29) is 17.1 Å². The molecule has 0 bridgehead atoms. The van der Waals surface area contributed by atoms with Crippen LogP contribution in [0.1, 0.15) is 0 Å². The fourth-order valence-electron chi connectivity index (χ4n) is 2.87. The van der Waals surface area contributed by atoms with Gasteiger partial charge in [-0.05, 0) is 42.5 Å². The van der Waals surface area contributed by atoms with E-state index in [1.54, 1.807) is 30.3 Å². The van der Waals surface area contributed by atoms with Crippen molar-refractivity contribution in [3.63, 3.8) is 0 Å². The van der Waals surface area contributed by atoms with Crippen molar-refractivity contribution >= 4 is 38.9 Å². The first-order chi connectivity index (χ1) is 15.6. The Morgan fingerprint density at radius 1 is 1.00 bits per heavy atom. The molecule has 0 heterocycles. The first-order valence-electron chi connectivity index (χ1n) is 9.41. The summed E-state index contributed by atoms with van der Waals surface area (Å²) in [5, 5.41) is 2.83. The van der Waals surface area contributed by atoms with Crippen LogP contribution in [-0.2, 0) is 14.8 Å². The van der Waals surface area contributed by atoms with E-state index in [4.69, 9.17) is 21.1 Å². The number of nitrogens with one attached hydrogen (secondary N) is 1. The molecule has 3 aromatic rings. The van der Waals surface area contributed by atoms with Crippen molar-refractivity contribution in [2.24, 2.45) is 0 Å². The third-order valence-electron chi connectivity index (χ3n) is 4.38. The Hall–Kier alpha value is -3.37. The molecule has 3 rings (SSSR count). The number of halogens is 3. The number of methoxy groups -OCH3 is 1. The van der Waals surface area contributed by atoms with Crippen LogP contribution in [0.2, 0.25) is 5.02 Å². The largest absolute Gasteiger partial charge is 0.493 e. The summed E-state index contributed by atoms with van der Waals surface area (Å²) in [4.78, 5) is 12.7. The molecule has 11 heteroatoms. The van der Waals surface area contributed by atoms with Gasteiger partial charge in [0.2, 0.25) is 15.9 Å². The number of nitrogens with zero attached hydrogens (tertiary/aromatic N) is 1. The van der Waals surface area contributed by atoms with Crippen LogP contribution >= 0.6 is 11.6 Å². The monoisotopic (exact) mass is 496 g/mol. The molecular formula is C22H19ClF2N2O5S. The molecule has 0 atom stereocenters. The second-order valence-electron chi connectivity index (χ2n) is 6.81. The molecule has 1 N–H and O–H groups in total. The van der Waals surface area contributed by atoms with Gasteiger partial charge in [0.05, 0.1) is 24.7 Å². The van der Waals surface area contributed by atoms with Gasteiger partial charge in [-0.15, -0.1) is 0 Å². The lowest BCUT2D eigenvalue weighted by molar-refractivity contribution is -0.114. The number of amides is 1. The Kier molecular flexibility index (Phi) is 7.39. The zero-order chi connectivity index (χ0) is 24.2. The van der Waals surface area contributed by atoms with Gasteiger partial charge in [-0.1, -0.05) is 23.7 Å². The van der Waals surface area contributed by atoms with Crippen LogP contribution in [-0.4, -0.2) is 34.2 Å². The highest BCUT2D eigenvalue weighted by molar-refractivity contribution is 7.92.